The molecule has 21 heavy (non-hydrogen) atoms. The normalized spacial score (nSPS) is 28.8. The van der Waals surface area contributed by atoms with E-state index >= 15 is 0 Å². The molecule has 5 nitrogen and oxygen atoms in total. The summed E-state index contributed by atoms with van der Waals surface area (Å²) in [5.74, 6) is 1.88. The van der Waals surface area contributed by atoms with Gasteiger partial charge >= 0.3 is 0 Å². The van der Waals surface area contributed by atoms with Crippen molar-refractivity contribution in [1.82, 2.24) is 4.31 Å². The second-order valence-corrected chi connectivity index (χ2v) is 7.76. The van der Waals surface area contributed by atoms with Crippen molar-refractivity contribution in [2.45, 2.75) is 31.3 Å². The molecule has 1 saturated carbocycles. The molecule has 0 spiro atoms. The average molecular weight is 311 g/mol. The Hall–Kier alpha value is -1.27. The molecule has 1 heterocycles. The van der Waals surface area contributed by atoms with Gasteiger partial charge in [0.1, 0.15) is 18.1 Å². The third-order valence-electron chi connectivity index (χ3n) is 4.52. The van der Waals surface area contributed by atoms with Crippen molar-refractivity contribution in [1.29, 1.82) is 0 Å². The van der Waals surface area contributed by atoms with Gasteiger partial charge in [0.05, 0.1) is 19.4 Å². The summed E-state index contributed by atoms with van der Waals surface area (Å²) in [6, 6.07) is 7.53. The molecule has 1 aliphatic heterocycles. The summed E-state index contributed by atoms with van der Waals surface area (Å²) in [7, 11) is -1.56. The number of rotatable bonds is 5. The molecule has 0 N–H and O–H groups in total. The van der Waals surface area contributed by atoms with Crippen LogP contribution in [0.3, 0.4) is 0 Å². The molecule has 1 aliphatic carbocycles. The monoisotopic (exact) mass is 311 g/mol. The van der Waals surface area contributed by atoms with Crippen molar-refractivity contribution >= 4 is 10.0 Å². The Bertz CT molecular complexity index is 616. The summed E-state index contributed by atoms with van der Waals surface area (Å²) >= 11 is 0. The Morgan fingerprint density at radius 3 is 2.76 bits per heavy atom. The zero-order valence-corrected chi connectivity index (χ0v) is 13.2. The number of fused-ring (bicyclic) bond motifs is 2. The lowest BCUT2D eigenvalue weighted by atomic mass is 10.0. The zero-order chi connectivity index (χ0) is 15.0. The zero-order valence-electron chi connectivity index (χ0n) is 12.4. The molecule has 1 aromatic rings. The van der Waals surface area contributed by atoms with Crippen LogP contribution < -0.4 is 9.47 Å². The molecule has 2 fully saturated rings. The number of methoxy groups -OCH3 is 1. The molecule has 116 valence electrons. The average Bonchev–Trinajstić information content (AvgIpc) is 3.05. The summed E-state index contributed by atoms with van der Waals surface area (Å²) in [4.78, 5) is 0. The summed E-state index contributed by atoms with van der Waals surface area (Å²) < 4.78 is 36.6. The Morgan fingerprint density at radius 1 is 1.29 bits per heavy atom. The van der Waals surface area contributed by atoms with E-state index in [0.29, 0.717) is 18.3 Å². The van der Waals surface area contributed by atoms with Gasteiger partial charge in [-0.05, 0) is 37.3 Å². The molecule has 0 radical (unpaired) electrons. The standard InChI is InChI=1S/C15H21NO4S/c1-19-13-4-3-5-14(9-13)20-10-15-11-6-7-12(8-11)16(15)21(2,17)18/h3-5,9,11-12,15H,6-8,10H2,1-2H3/t11-,12+,15+/m1/s1. The number of benzene rings is 1. The van der Waals surface area contributed by atoms with Crippen molar-refractivity contribution in [2.75, 3.05) is 20.0 Å². The fraction of sp³-hybridized carbons (Fsp3) is 0.600. The highest BCUT2D eigenvalue weighted by molar-refractivity contribution is 7.88. The molecule has 1 saturated heterocycles. The minimum Gasteiger partial charge on any atom is -0.497 e. The summed E-state index contributed by atoms with van der Waals surface area (Å²) in [5, 5.41) is 0. The van der Waals surface area contributed by atoms with Gasteiger partial charge in [0.15, 0.2) is 0 Å². The maximum atomic E-state index is 12.0. The fourth-order valence-electron chi connectivity index (χ4n) is 3.65. The SMILES string of the molecule is COc1cccc(OC[C@H]2[C@@H]3CC[C@@H](C3)N2S(C)(=O)=O)c1. The summed E-state index contributed by atoms with van der Waals surface area (Å²) in [5.41, 5.74) is 0. The van der Waals surface area contributed by atoms with Crippen LogP contribution in [0.15, 0.2) is 24.3 Å². The quantitative estimate of drug-likeness (QED) is 0.833. The van der Waals surface area contributed by atoms with E-state index in [1.165, 1.54) is 6.26 Å². The summed E-state index contributed by atoms with van der Waals surface area (Å²) in [6.45, 7) is 0.404. The van der Waals surface area contributed by atoms with Crippen molar-refractivity contribution in [3.63, 3.8) is 0 Å². The fourth-order valence-corrected chi connectivity index (χ4v) is 5.11. The minimum absolute atomic E-state index is 0.0371. The predicted molar refractivity (Wildman–Crippen MR) is 80.1 cm³/mol. The van der Waals surface area contributed by atoms with Gasteiger partial charge in [-0.1, -0.05) is 6.07 Å². The molecular weight excluding hydrogens is 290 g/mol. The van der Waals surface area contributed by atoms with Crippen molar-refractivity contribution < 1.29 is 17.9 Å². The largest absolute Gasteiger partial charge is 0.497 e. The predicted octanol–water partition coefficient (Wildman–Crippen LogP) is 1.89. The Labute approximate surface area is 125 Å². The van der Waals surface area contributed by atoms with Crippen LogP contribution in [0.2, 0.25) is 0 Å². The summed E-state index contributed by atoms with van der Waals surface area (Å²) in [6.07, 6.45) is 4.35. The number of ether oxygens (including phenoxy) is 2. The first-order valence-corrected chi connectivity index (χ1v) is 9.09. The third-order valence-corrected chi connectivity index (χ3v) is 5.86. The molecule has 2 aliphatic rings. The lowest BCUT2D eigenvalue weighted by Crippen LogP contribution is -2.47. The maximum Gasteiger partial charge on any atom is 0.211 e. The molecule has 0 unspecified atom stereocenters. The van der Waals surface area contributed by atoms with E-state index in [4.69, 9.17) is 9.47 Å². The van der Waals surface area contributed by atoms with Crippen LogP contribution in [0.5, 0.6) is 11.5 Å². The Balaban J connectivity index is 1.71. The first-order valence-electron chi connectivity index (χ1n) is 7.24. The van der Waals surface area contributed by atoms with E-state index in [2.05, 4.69) is 0 Å². The van der Waals surface area contributed by atoms with Crippen molar-refractivity contribution in [2.24, 2.45) is 5.92 Å². The van der Waals surface area contributed by atoms with Crippen LogP contribution >= 0.6 is 0 Å². The molecule has 6 heteroatoms. The molecule has 0 amide bonds. The lowest BCUT2D eigenvalue weighted by Gasteiger charge is -2.33. The van der Waals surface area contributed by atoms with Crippen LogP contribution in [0.4, 0.5) is 0 Å². The van der Waals surface area contributed by atoms with Crippen LogP contribution in [0, 0.1) is 5.92 Å². The van der Waals surface area contributed by atoms with Gasteiger partial charge in [-0.2, -0.15) is 4.31 Å². The van der Waals surface area contributed by atoms with E-state index in [0.717, 1.165) is 25.0 Å². The van der Waals surface area contributed by atoms with Gasteiger partial charge < -0.3 is 9.47 Å². The Kier molecular flexibility index (Phi) is 3.84. The number of hydrogen-bond donors (Lipinski definition) is 0. The van der Waals surface area contributed by atoms with E-state index in [-0.39, 0.29) is 12.1 Å². The van der Waals surface area contributed by atoms with Crippen LogP contribution in [-0.2, 0) is 10.0 Å². The molecule has 1 aromatic carbocycles. The highest BCUT2D eigenvalue weighted by Crippen LogP contribution is 2.43. The molecular formula is C15H21NO4S. The number of hydrogen-bond acceptors (Lipinski definition) is 4. The smallest absolute Gasteiger partial charge is 0.211 e. The highest BCUT2D eigenvalue weighted by Gasteiger charge is 2.50. The number of piperidine rings is 1. The maximum absolute atomic E-state index is 12.0. The van der Waals surface area contributed by atoms with Crippen LogP contribution in [-0.4, -0.2) is 44.8 Å². The Morgan fingerprint density at radius 2 is 2.05 bits per heavy atom. The second-order valence-electron chi connectivity index (χ2n) is 5.88. The van der Waals surface area contributed by atoms with E-state index in [9.17, 15) is 8.42 Å². The van der Waals surface area contributed by atoms with E-state index < -0.39 is 10.0 Å². The molecule has 0 aromatic heterocycles. The molecule has 3 atom stereocenters. The van der Waals surface area contributed by atoms with Crippen molar-refractivity contribution in [3.05, 3.63) is 24.3 Å². The minimum atomic E-state index is -3.17. The number of sulfonamides is 1. The van der Waals surface area contributed by atoms with Gasteiger partial charge in [-0.25, -0.2) is 8.42 Å². The van der Waals surface area contributed by atoms with Crippen LogP contribution in [0.25, 0.3) is 0 Å². The first kappa shape index (κ1) is 14.7. The van der Waals surface area contributed by atoms with Gasteiger partial charge in [-0.15, -0.1) is 0 Å². The second kappa shape index (κ2) is 5.50. The van der Waals surface area contributed by atoms with Crippen molar-refractivity contribution in [3.8, 4) is 11.5 Å². The number of nitrogens with zero attached hydrogens (tertiary/aromatic N) is 1. The molecule has 2 bridgehead atoms. The molecule has 3 rings (SSSR count). The topological polar surface area (TPSA) is 55.8 Å². The van der Waals surface area contributed by atoms with Gasteiger partial charge in [-0.3, -0.25) is 0 Å². The van der Waals surface area contributed by atoms with E-state index in [1.54, 1.807) is 11.4 Å². The van der Waals surface area contributed by atoms with Gasteiger partial charge in [0.25, 0.3) is 0 Å². The van der Waals surface area contributed by atoms with Crippen LogP contribution in [0.1, 0.15) is 19.3 Å². The lowest BCUT2D eigenvalue weighted by molar-refractivity contribution is 0.163. The third kappa shape index (κ3) is 2.87. The highest BCUT2D eigenvalue weighted by atomic mass is 32.2. The van der Waals surface area contributed by atoms with Gasteiger partial charge in [0, 0.05) is 12.1 Å². The van der Waals surface area contributed by atoms with Gasteiger partial charge in [0.2, 0.25) is 10.0 Å². The first-order chi connectivity index (χ1) is 9.99. The van der Waals surface area contributed by atoms with E-state index in [1.807, 2.05) is 24.3 Å².